The molecule has 0 aliphatic heterocycles. The van der Waals surface area contributed by atoms with Gasteiger partial charge in [-0.1, -0.05) is 30.6 Å². The topological polar surface area (TPSA) is 26.3 Å². The van der Waals surface area contributed by atoms with Gasteiger partial charge in [-0.15, -0.1) is 0 Å². The molecule has 0 amide bonds. The van der Waals surface area contributed by atoms with Gasteiger partial charge in [0, 0.05) is 6.08 Å². The first-order chi connectivity index (χ1) is 7.10. The molecule has 2 nitrogen and oxygen atoms in total. The maximum Gasteiger partial charge on any atom is 0.330 e. The van der Waals surface area contributed by atoms with E-state index in [0.717, 1.165) is 18.4 Å². The Morgan fingerprint density at radius 3 is 2.40 bits per heavy atom. The highest BCUT2D eigenvalue weighted by Gasteiger charge is 1.96. The van der Waals surface area contributed by atoms with Crippen LogP contribution in [0.1, 0.15) is 46.5 Å². The smallest absolute Gasteiger partial charge is 0.330 e. The van der Waals surface area contributed by atoms with Gasteiger partial charge in [0.25, 0.3) is 0 Å². The van der Waals surface area contributed by atoms with E-state index in [1.807, 2.05) is 6.92 Å². The lowest BCUT2D eigenvalue weighted by molar-refractivity contribution is -0.134. The number of carbonyl (C=O) groups excluding carboxylic acids is 1. The molecule has 0 aliphatic rings. The molecule has 0 aromatic rings. The van der Waals surface area contributed by atoms with Crippen molar-refractivity contribution >= 4 is 5.97 Å². The summed E-state index contributed by atoms with van der Waals surface area (Å²) in [7, 11) is 1.40. The molecular formula is C13H22O2. The van der Waals surface area contributed by atoms with Crippen LogP contribution in [0.2, 0.25) is 0 Å². The van der Waals surface area contributed by atoms with Gasteiger partial charge >= 0.3 is 5.97 Å². The van der Waals surface area contributed by atoms with Crippen LogP contribution in [0.15, 0.2) is 23.3 Å². The zero-order valence-corrected chi connectivity index (χ0v) is 10.3. The number of hydrogen-bond acceptors (Lipinski definition) is 2. The molecular weight excluding hydrogens is 188 g/mol. The minimum Gasteiger partial charge on any atom is -0.466 e. The Morgan fingerprint density at radius 1 is 1.20 bits per heavy atom. The van der Waals surface area contributed by atoms with Crippen LogP contribution in [0.4, 0.5) is 0 Å². The molecule has 0 aliphatic carbocycles. The summed E-state index contributed by atoms with van der Waals surface area (Å²) >= 11 is 0. The Hall–Kier alpha value is -1.05. The van der Waals surface area contributed by atoms with Gasteiger partial charge in [0.2, 0.25) is 0 Å². The van der Waals surface area contributed by atoms with E-state index in [-0.39, 0.29) is 5.97 Å². The lowest BCUT2D eigenvalue weighted by Gasteiger charge is -2.00. The van der Waals surface area contributed by atoms with Gasteiger partial charge in [-0.2, -0.15) is 0 Å². The largest absolute Gasteiger partial charge is 0.466 e. The van der Waals surface area contributed by atoms with Crippen molar-refractivity contribution in [2.75, 3.05) is 7.11 Å². The van der Waals surface area contributed by atoms with Gasteiger partial charge < -0.3 is 4.74 Å². The van der Waals surface area contributed by atoms with Gasteiger partial charge in [-0.05, 0) is 33.1 Å². The van der Waals surface area contributed by atoms with E-state index >= 15 is 0 Å². The van der Waals surface area contributed by atoms with Crippen molar-refractivity contribution in [2.24, 2.45) is 0 Å². The van der Waals surface area contributed by atoms with Gasteiger partial charge in [0.1, 0.15) is 0 Å². The normalized spacial score (nSPS) is 12.8. The molecule has 0 aromatic carbocycles. The molecule has 2 heteroatoms. The van der Waals surface area contributed by atoms with E-state index in [1.165, 1.54) is 25.5 Å². The zero-order valence-electron chi connectivity index (χ0n) is 10.3. The molecule has 0 atom stereocenters. The molecule has 15 heavy (non-hydrogen) atoms. The fourth-order valence-electron chi connectivity index (χ4n) is 1.37. The third-order valence-corrected chi connectivity index (χ3v) is 2.24. The summed E-state index contributed by atoms with van der Waals surface area (Å²) in [6.07, 6.45) is 8.10. The van der Waals surface area contributed by atoms with Crippen molar-refractivity contribution in [1.29, 1.82) is 0 Å². The van der Waals surface area contributed by atoms with Crippen molar-refractivity contribution in [3.63, 3.8) is 0 Å². The predicted octanol–water partition coefficient (Wildman–Crippen LogP) is 3.63. The highest BCUT2D eigenvalue weighted by Crippen LogP contribution is 2.09. The Labute approximate surface area is 93.0 Å². The van der Waals surface area contributed by atoms with E-state index < -0.39 is 0 Å². The molecule has 0 saturated heterocycles. The first kappa shape index (κ1) is 13.9. The third-order valence-electron chi connectivity index (χ3n) is 2.24. The number of allylic oxidation sites excluding steroid dienone is 3. The molecule has 0 unspecified atom stereocenters. The summed E-state index contributed by atoms with van der Waals surface area (Å²) in [6, 6.07) is 0. The predicted molar refractivity (Wildman–Crippen MR) is 63.7 cm³/mol. The Morgan fingerprint density at radius 2 is 1.87 bits per heavy atom. The van der Waals surface area contributed by atoms with Crippen molar-refractivity contribution in [3.8, 4) is 0 Å². The minimum atomic E-state index is -0.262. The van der Waals surface area contributed by atoms with E-state index in [1.54, 1.807) is 6.08 Å². The SMILES string of the molecule is CCCC(C)=CCCC(C)=CC(=O)OC. The van der Waals surface area contributed by atoms with E-state index in [4.69, 9.17) is 0 Å². The van der Waals surface area contributed by atoms with Crippen molar-refractivity contribution < 1.29 is 9.53 Å². The Bertz CT molecular complexity index is 249. The highest BCUT2D eigenvalue weighted by molar-refractivity contribution is 5.82. The van der Waals surface area contributed by atoms with Crippen LogP contribution in [-0.4, -0.2) is 13.1 Å². The average molecular weight is 210 g/mol. The second-order valence-electron chi connectivity index (χ2n) is 3.85. The van der Waals surface area contributed by atoms with Crippen LogP contribution in [0.5, 0.6) is 0 Å². The zero-order chi connectivity index (χ0) is 11.7. The van der Waals surface area contributed by atoms with Gasteiger partial charge in [0.15, 0.2) is 0 Å². The summed E-state index contributed by atoms with van der Waals surface area (Å²) < 4.78 is 4.56. The number of ether oxygens (including phenoxy) is 1. The van der Waals surface area contributed by atoms with Crippen molar-refractivity contribution in [3.05, 3.63) is 23.3 Å². The lowest BCUT2D eigenvalue weighted by atomic mass is 10.1. The Kier molecular flexibility index (Phi) is 7.69. The maximum absolute atomic E-state index is 10.9. The van der Waals surface area contributed by atoms with Crippen LogP contribution in [0.25, 0.3) is 0 Å². The maximum atomic E-state index is 10.9. The summed E-state index contributed by atoms with van der Waals surface area (Å²) in [5.41, 5.74) is 2.51. The van der Waals surface area contributed by atoms with Gasteiger partial charge in [-0.25, -0.2) is 4.79 Å². The monoisotopic (exact) mass is 210 g/mol. The second-order valence-corrected chi connectivity index (χ2v) is 3.85. The summed E-state index contributed by atoms with van der Waals surface area (Å²) in [5.74, 6) is -0.262. The summed E-state index contributed by atoms with van der Waals surface area (Å²) in [5, 5.41) is 0. The molecule has 86 valence electrons. The van der Waals surface area contributed by atoms with Gasteiger partial charge in [0.05, 0.1) is 7.11 Å². The molecule has 0 N–H and O–H groups in total. The molecule has 0 saturated carbocycles. The number of rotatable bonds is 6. The fourth-order valence-corrected chi connectivity index (χ4v) is 1.37. The van der Waals surface area contributed by atoms with E-state index in [2.05, 4.69) is 24.7 Å². The van der Waals surface area contributed by atoms with Gasteiger partial charge in [-0.3, -0.25) is 0 Å². The van der Waals surface area contributed by atoms with Crippen molar-refractivity contribution in [1.82, 2.24) is 0 Å². The fraction of sp³-hybridized carbons (Fsp3) is 0.615. The van der Waals surface area contributed by atoms with E-state index in [0.29, 0.717) is 0 Å². The molecule has 0 radical (unpaired) electrons. The number of carbonyl (C=O) groups is 1. The summed E-state index contributed by atoms with van der Waals surface area (Å²) in [6.45, 7) is 6.29. The summed E-state index contributed by atoms with van der Waals surface area (Å²) in [4.78, 5) is 10.9. The Balaban J connectivity index is 3.90. The van der Waals surface area contributed by atoms with E-state index in [9.17, 15) is 4.79 Å². The molecule has 0 aromatic heterocycles. The number of hydrogen-bond donors (Lipinski definition) is 0. The van der Waals surface area contributed by atoms with Crippen LogP contribution in [0.3, 0.4) is 0 Å². The molecule has 0 rings (SSSR count). The molecule has 0 heterocycles. The molecule has 0 spiro atoms. The van der Waals surface area contributed by atoms with Crippen LogP contribution < -0.4 is 0 Å². The molecule has 0 bridgehead atoms. The molecule has 0 fully saturated rings. The first-order valence-electron chi connectivity index (χ1n) is 5.50. The third kappa shape index (κ3) is 7.98. The standard InChI is InChI=1S/C13H22O2/c1-5-7-11(2)8-6-9-12(3)10-13(14)15-4/h8,10H,5-7,9H2,1-4H3. The first-order valence-corrected chi connectivity index (χ1v) is 5.50. The second kappa shape index (κ2) is 8.27. The van der Waals surface area contributed by atoms with Crippen molar-refractivity contribution in [2.45, 2.75) is 46.5 Å². The van der Waals surface area contributed by atoms with Crippen LogP contribution in [-0.2, 0) is 9.53 Å². The van der Waals surface area contributed by atoms with Crippen LogP contribution in [0, 0.1) is 0 Å². The quantitative estimate of drug-likeness (QED) is 0.380. The minimum absolute atomic E-state index is 0.262. The lowest BCUT2D eigenvalue weighted by Crippen LogP contribution is -1.95. The average Bonchev–Trinajstić information content (AvgIpc) is 2.18. The highest BCUT2D eigenvalue weighted by atomic mass is 16.5. The number of methoxy groups -OCH3 is 1. The number of esters is 1. The van der Waals surface area contributed by atoms with Crippen LogP contribution >= 0.6 is 0 Å².